The first-order valence-corrected chi connectivity index (χ1v) is 9.89. The lowest BCUT2D eigenvalue weighted by molar-refractivity contribution is -0.126. The Morgan fingerprint density at radius 1 is 1.10 bits per heavy atom. The first-order chi connectivity index (χ1) is 14.1. The Hall–Kier alpha value is -3.12. The second-order valence-corrected chi connectivity index (χ2v) is 7.47. The number of rotatable bonds is 6. The normalized spacial score (nSPS) is 16.2. The van der Waals surface area contributed by atoms with Crippen LogP contribution in [0.1, 0.15) is 6.42 Å². The number of nitrogens with zero attached hydrogens (tertiary/aromatic N) is 3. The predicted molar refractivity (Wildman–Crippen MR) is 113 cm³/mol. The molecule has 0 saturated carbocycles. The van der Waals surface area contributed by atoms with Crippen molar-refractivity contribution in [1.29, 1.82) is 0 Å². The van der Waals surface area contributed by atoms with Gasteiger partial charge in [0.1, 0.15) is 0 Å². The largest absolute Gasteiger partial charge is 0.354 e. The van der Waals surface area contributed by atoms with Crippen LogP contribution in [0, 0.1) is 5.92 Å². The molecule has 148 valence electrons. The van der Waals surface area contributed by atoms with Gasteiger partial charge in [0.05, 0.1) is 18.7 Å². The van der Waals surface area contributed by atoms with Crippen LogP contribution in [0.15, 0.2) is 67.0 Å². The standard InChI is InChI=1S/C22H21ClN4O2/c23-19-6-8-20(9-7-19)27-15-17(12-21(27)28)22(29)24-10-11-26-14-18(13-25-26)16-4-2-1-3-5-16/h1-9,13-14,17H,10-12,15H2,(H,24,29)/t17-/m1/s1. The van der Waals surface area contributed by atoms with Gasteiger partial charge in [-0.05, 0) is 29.8 Å². The van der Waals surface area contributed by atoms with Gasteiger partial charge in [-0.25, -0.2) is 0 Å². The van der Waals surface area contributed by atoms with Crippen LogP contribution in [-0.2, 0) is 16.1 Å². The number of amides is 2. The summed E-state index contributed by atoms with van der Waals surface area (Å²) < 4.78 is 1.81. The fourth-order valence-electron chi connectivity index (χ4n) is 3.46. The molecule has 1 aliphatic heterocycles. The van der Waals surface area contributed by atoms with E-state index >= 15 is 0 Å². The third-order valence-corrected chi connectivity index (χ3v) is 5.27. The summed E-state index contributed by atoms with van der Waals surface area (Å²) in [5.41, 5.74) is 2.91. The molecule has 0 radical (unpaired) electrons. The van der Waals surface area contributed by atoms with Gasteiger partial charge in [-0.15, -0.1) is 0 Å². The number of carbonyl (C=O) groups is 2. The lowest BCUT2D eigenvalue weighted by Gasteiger charge is -2.16. The smallest absolute Gasteiger partial charge is 0.227 e. The zero-order valence-electron chi connectivity index (χ0n) is 15.8. The van der Waals surface area contributed by atoms with E-state index in [0.29, 0.717) is 24.7 Å². The predicted octanol–water partition coefficient (Wildman–Crippen LogP) is 3.37. The van der Waals surface area contributed by atoms with Crippen molar-refractivity contribution in [2.45, 2.75) is 13.0 Å². The topological polar surface area (TPSA) is 67.2 Å². The van der Waals surface area contributed by atoms with Crippen molar-refractivity contribution in [3.05, 3.63) is 72.0 Å². The van der Waals surface area contributed by atoms with Gasteiger partial charge in [0.2, 0.25) is 11.8 Å². The number of aromatic nitrogens is 2. The van der Waals surface area contributed by atoms with Gasteiger partial charge in [0, 0.05) is 42.0 Å². The highest BCUT2D eigenvalue weighted by Gasteiger charge is 2.34. The van der Waals surface area contributed by atoms with E-state index in [9.17, 15) is 9.59 Å². The highest BCUT2D eigenvalue weighted by molar-refractivity contribution is 6.30. The highest BCUT2D eigenvalue weighted by Crippen LogP contribution is 2.26. The Bertz CT molecular complexity index is 1000. The van der Waals surface area contributed by atoms with Crippen molar-refractivity contribution in [1.82, 2.24) is 15.1 Å². The van der Waals surface area contributed by atoms with Crippen LogP contribution in [0.2, 0.25) is 5.02 Å². The molecule has 2 heterocycles. The molecule has 1 saturated heterocycles. The Kier molecular flexibility index (Phi) is 5.62. The summed E-state index contributed by atoms with van der Waals surface area (Å²) in [6, 6.07) is 17.1. The van der Waals surface area contributed by atoms with Crippen molar-refractivity contribution in [2.24, 2.45) is 5.92 Å². The molecule has 2 amide bonds. The molecule has 1 fully saturated rings. The van der Waals surface area contributed by atoms with Gasteiger partial charge in [0.25, 0.3) is 0 Å². The summed E-state index contributed by atoms with van der Waals surface area (Å²) in [4.78, 5) is 26.4. The molecule has 29 heavy (non-hydrogen) atoms. The minimum absolute atomic E-state index is 0.0490. The minimum Gasteiger partial charge on any atom is -0.354 e. The molecule has 0 bridgehead atoms. The molecule has 1 aliphatic rings. The molecule has 0 unspecified atom stereocenters. The van der Waals surface area contributed by atoms with Crippen LogP contribution in [0.4, 0.5) is 5.69 Å². The minimum atomic E-state index is -0.351. The number of anilines is 1. The van der Waals surface area contributed by atoms with E-state index < -0.39 is 0 Å². The molecular weight excluding hydrogens is 388 g/mol. The van der Waals surface area contributed by atoms with Gasteiger partial charge in [-0.2, -0.15) is 5.10 Å². The second-order valence-electron chi connectivity index (χ2n) is 7.03. The Labute approximate surface area is 174 Å². The molecular formula is C22H21ClN4O2. The third-order valence-electron chi connectivity index (χ3n) is 5.01. The average molecular weight is 409 g/mol. The molecule has 1 atom stereocenters. The lowest BCUT2D eigenvalue weighted by Crippen LogP contribution is -2.34. The van der Waals surface area contributed by atoms with Crippen LogP contribution in [-0.4, -0.2) is 34.7 Å². The molecule has 0 spiro atoms. The maximum atomic E-state index is 12.5. The Morgan fingerprint density at radius 2 is 1.86 bits per heavy atom. The van der Waals surface area contributed by atoms with Gasteiger partial charge >= 0.3 is 0 Å². The lowest BCUT2D eigenvalue weighted by atomic mass is 10.1. The van der Waals surface area contributed by atoms with Crippen LogP contribution >= 0.6 is 11.6 Å². The zero-order chi connectivity index (χ0) is 20.2. The SMILES string of the molecule is O=C(NCCn1cc(-c2ccccc2)cn1)[C@@H]1CC(=O)N(c2ccc(Cl)cc2)C1. The van der Waals surface area contributed by atoms with Gasteiger partial charge in [0.15, 0.2) is 0 Å². The maximum Gasteiger partial charge on any atom is 0.227 e. The highest BCUT2D eigenvalue weighted by atomic mass is 35.5. The molecule has 0 aliphatic carbocycles. The number of hydrogen-bond donors (Lipinski definition) is 1. The summed E-state index contributed by atoms with van der Waals surface area (Å²) in [7, 11) is 0. The quantitative estimate of drug-likeness (QED) is 0.680. The van der Waals surface area contributed by atoms with E-state index in [1.165, 1.54) is 0 Å². The van der Waals surface area contributed by atoms with E-state index in [1.54, 1.807) is 29.2 Å². The van der Waals surface area contributed by atoms with Crippen LogP contribution in [0.3, 0.4) is 0 Å². The molecule has 4 rings (SSSR count). The van der Waals surface area contributed by atoms with E-state index in [-0.39, 0.29) is 24.2 Å². The van der Waals surface area contributed by atoms with E-state index in [4.69, 9.17) is 11.6 Å². The van der Waals surface area contributed by atoms with Gasteiger partial charge in [-0.3, -0.25) is 14.3 Å². The number of benzene rings is 2. The maximum absolute atomic E-state index is 12.5. The van der Waals surface area contributed by atoms with Crippen LogP contribution in [0.25, 0.3) is 11.1 Å². The van der Waals surface area contributed by atoms with Crippen molar-refractivity contribution in [2.75, 3.05) is 18.0 Å². The van der Waals surface area contributed by atoms with Crippen molar-refractivity contribution < 1.29 is 9.59 Å². The summed E-state index contributed by atoms with van der Waals surface area (Å²) >= 11 is 5.90. The monoisotopic (exact) mass is 408 g/mol. The molecule has 2 aromatic carbocycles. The summed E-state index contributed by atoms with van der Waals surface area (Å²) in [6.07, 6.45) is 3.99. The van der Waals surface area contributed by atoms with E-state index in [0.717, 1.165) is 16.8 Å². The van der Waals surface area contributed by atoms with E-state index in [1.807, 2.05) is 47.4 Å². The van der Waals surface area contributed by atoms with Crippen LogP contribution < -0.4 is 10.2 Å². The average Bonchev–Trinajstić information content (AvgIpc) is 3.36. The summed E-state index contributed by atoms with van der Waals surface area (Å²) in [5.74, 6) is -0.506. The number of halogens is 1. The third kappa shape index (κ3) is 4.49. The molecule has 6 nitrogen and oxygen atoms in total. The second kappa shape index (κ2) is 8.49. The molecule has 1 aromatic heterocycles. The number of hydrogen-bond acceptors (Lipinski definition) is 3. The van der Waals surface area contributed by atoms with Crippen LogP contribution in [0.5, 0.6) is 0 Å². The van der Waals surface area contributed by atoms with Gasteiger partial charge < -0.3 is 10.2 Å². The summed E-state index contributed by atoms with van der Waals surface area (Å²) in [6.45, 7) is 1.41. The fraction of sp³-hybridized carbons (Fsp3) is 0.227. The first kappa shape index (κ1) is 19.2. The zero-order valence-corrected chi connectivity index (χ0v) is 16.5. The fourth-order valence-corrected chi connectivity index (χ4v) is 3.58. The Morgan fingerprint density at radius 3 is 2.62 bits per heavy atom. The van der Waals surface area contributed by atoms with Gasteiger partial charge in [-0.1, -0.05) is 41.9 Å². The van der Waals surface area contributed by atoms with Crippen molar-refractivity contribution in [3.8, 4) is 11.1 Å². The van der Waals surface area contributed by atoms with E-state index in [2.05, 4.69) is 10.4 Å². The van der Waals surface area contributed by atoms with Crippen molar-refractivity contribution >= 4 is 29.1 Å². The molecule has 1 N–H and O–H groups in total. The first-order valence-electron chi connectivity index (χ1n) is 9.51. The number of nitrogens with one attached hydrogen (secondary N) is 1. The molecule has 7 heteroatoms. The Balaban J connectivity index is 1.29. The summed E-state index contributed by atoms with van der Waals surface area (Å²) in [5, 5.41) is 7.89. The molecule has 3 aromatic rings. The number of carbonyl (C=O) groups excluding carboxylic acids is 2. The van der Waals surface area contributed by atoms with Crippen molar-refractivity contribution in [3.63, 3.8) is 0 Å².